The topological polar surface area (TPSA) is 68.5 Å². The third-order valence-electron chi connectivity index (χ3n) is 3.10. The van der Waals surface area contributed by atoms with Crippen molar-refractivity contribution in [2.75, 3.05) is 14.2 Å². The van der Waals surface area contributed by atoms with E-state index in [1.54, 1.807) is 18.3 Å². The maximum absolute atomic E-state index is 9.84. The van der Waals surface area contributed by atoms with E-state index in [0.29, 0.717) is 24.6 Å². The summed E-state index contributed by atoms with van der Waals surface area (Å²) < 4.78 is 12.1. The third-order valence-corrected chi connectivity index (χ3v) is 3.10. The summed E-state index contributed by atoms with van der Waals surface area (Å²) in [5, 5.41) is 17.3. The van der Waals surface area contributed by atoms with Gasteiger partial charge in [0.05, 0.1) is 19.9 Å². The van der Waals surface area contributed by atoms with Crippen molar-refractivity contribution in [1.82, 2.24) is 15.1 Å². The van der Waals surface area contributed by atoms with E-state index in [4.69, 9.17) is 9.47 Å². The normalized spacial score (nSPS) is 10.6. The van der Waals surface area contributed by atoms with E-state index in [0.717, 1.165) is 11.3 Å². The molecule has 0 aliphatic carbocycles. The molecule has 1 aromatic carbocycles. The number of aromatic nitrogens is 2. The maximum atomic E-state index is 9.84. The lowest BCUT2D eigenvalue weighted by atomic mass is 10.2. The first-order chi connectivity index (χ1) is 9.65. The third kappa shape index (κ3) is 3.03. The Hall–Kier alpha value is -2.21. The maximum Gasteiger partial charge on any atom is 0.200 e. The smallest absolute Gasteiger partial charge is 0.200 e. The van der Waals surface area contributed by atoms with Gasteiger partial charge in [0.25, 0.3) is 0 Å². The summed E-state index contributed by atoms with van der Waals surface area (Å²) in [6, 6.07) is 5.53. The first kappa shape index (κ1) is 14.2. The van der Waals surface area contributed by atoms with Gasteiger partial charge in [-0.3, -0.25) is 4.68 Å². The summed E-state index contributed by atoms with van der Waals surface area (Å²) in [7, 11) is 4.94. The number of hydrogen-bond acceptors (Lipinski definition) is 5. The van der Waals surface area contributed by atoms with Gasteiger partial charge < -0.3 is 19.9 Å². The fourth-order valence-electron chi connectivity index (χ4n) is 1.96. The number of benzene rings is 1. The number of phenols is 1. The molecule has 108 valence electrons. The zero-order valence-corrected chi connectivity index (χ0v) is 11.9. The molecule has 0 atom stereocenters. The Morgan fingerprint density at radius 1 is 1.20 bits per heavy atom. The van der Waals surface area contributed by atoms with Gasteiger partial charge in [-0.1, -0.05) is 0 Å². The predicted octanol–water partition coefficient (Wildman–Crippen LogP) is 1.43. The van der Waals surface area contributed by atoms with Gasteiger partial charge in [-0.15, -0.1) is 0 Å². The summed E-state index contributed by atoms with van der Waals surface area (Å²) in [6.45, 7) is 1.35. The van der Waals surface area contributed by atoms with Crippen LogP contribution in [-0.2, 0) is 20.1 Å². The van der Waals surface area contributed by atoms with E-state index < -0.39 is 0 Å². The number of methoxy groups -OCH3 is 2. The Morgan fingerprint density at radius 3 is 2.35 bits per heavy atom. The molecule has 0 unspecified atom stereocenters. The molecular formula is C14H19N3O3. The highest BCUT2D eigenvalue weighted by atomic mass is 16.5. The number of phenolic OH excluding ortho intramolecular Hbond substituents is 1. The minimum absolute atomic E-state index is 0.0189. The second kappa shape index (κ2) is 6.29. The number of hydrogen-bond donors (Lipinski definition) is 2. The Labute approximate surface area is 117 Å². The monoisotopic (exact) mass is 277 g/mol. The summed E-state index contributed by atoms with van der Waals surface area (Å²) >= 11 is 0. The van der Waals surface area contributed by atoms with Crippen LogP contribution in [0.2, 0.25) is 0 Å². The van der Waals surface area contributed by atoms with Crippen LogP contribution in [0.4, 0.5) is 0 Å². The molecule has 2 N–H and O–H groups in total. The highest BCUT2D eigenvalue weighted by molar-refractivity contribution is 5.52. The Balaban J connectivity index is 2.04. The summed E-state index contributed by atoms with van der Waals surface area (Å²) in [5.74, 6) is 0.828. The van der Waals surface area contributed by atoms with E-state index >= 15 is 0 Å². The molecule has 1 heterocycles. The van der Waals surface area contributed by atoms with Crippen molar-refractivity contribution in [2.24, 2.45) is 7.05 Å². The van der Waals surface area contributed by atoms with Crippen molar-refractivity contribution >= 4 is 0 Å². The Morgan fingerprint density at radius 2 is 1.85 bits per heavy atom. The summed E-state index contributed by atoms with van der Waals surface area (Å²) in [5.41, 5.74) is 2.07. The molecular weight excluding hydrogens is 258 g/mol. The van der Waals surface area contributed by atoms with Crippen LogP contribution in [0.15, 0.2) is 24.4 Å². The number of nitrogens with one attached hydrogen (secondary N) is 1. The number of ether oxygens (including phenoxy) is 2. The van der Waals surface area contributed by atoms with Crippen LogP contribution in [0.5, 0.6) is 17.2 Å². The molecule has 0 amide bonds. The quantitative estimate of drug-likeness (QED) is 0.836. The number of rotatable bonds is 6. The van der Waals surface area contributed by atoms with Crippen molar-refractivity contribution in [3.05, 3.63) is 35.7 Å². The van der Waals surface area contributed by atoms with Gasteiger partial charge in [-0.2, -0.15) is 5.10 Å². The minimum Gasteiger partial charge on any atom is -0.502 e. The molecule has 0 aliphatic heterocycles. The lowest BCUT2D eigenvalue weighted by Gasteiger charge is -2.12. The van der Waals surface area contributed by atoms with E-state index in [1.165, 1.54) is 14.2 Å². The highest BCUT2D eigenvalue weighted by Crippen LogP contribution is 2.36. The molecule has 6 heteroatoms. The minimum atomic E-state index is 0.0189. The first-order valence-electron chi connectivity index (χ1n) is 6.27. The van der Waals surface area contributed by atoms with Crippen molar-refractivity contribution in [1.29, 1.82) is 0 Å². The van der Waals surface area contributed by atoms with Gasteiger partial charge in [0.1, 0.15) is 0 Å². The van der Waals surface area contributed by atoms with E-state index in [1.807, 2.05) is 17.8 Å². The second-order valence-electron chi connectivity index (χ2n) is 4.40. The van der Waals surface area contributed by atoms with E-state index in [9.17, 15) is 5.11 Å². The van der Waals surface area contributed by atoms with Crippen molar-refractivity contribution in [2.45, 2.75) is 13.1 Å². The van der Waals surface area contributed by atoms with Gasteiger partial charge in [0.15, 0.2) is 11.5 Å². The zero-order valence-electron chi connectivity index (χ0n) is 11.9. The molecule has 0 saturated heterocycles. The molecule has 0 saturated carbocycles. The molecule has 0 aliphatic rings. The largest absolute Gasteiger partial charge is 0.502 e. The Kier molecular flexibility index (Phi) is 4.47. The van der Waals surface area contributed by atoms with E-state index in [-0.39, 0.29) is 5.75 Å². The molecule has 0 radical (unpaired) electrons. The summed E-state index contributed by atoms with van der Waals surface area (Å²) in [4.78, 5) is 0. The zero-order chi connectivity index (χ0) is 14.5. The average Bonchev–Trinajstić information content (AvgIpc) is 2.86. The second-order valence-corrected chi connectivity index (χ2v) is 4.40. The molecule has 6 nitrogen and oxygen atoms in total. The SMILES string of the molecule is COc1cc(CNCc2ccnn2C)cc(OC)c1O. The standard InChI is InChI=1S/C14H19N3O3/c1-17-11(4-5-16-17)9-15-8-10-6-12(19-2)14(18)13(7-10)20-3/h4-7,15,18H,8-9H2,1-3H3. The van der Waals surface area contributed by atoms with Crippen LogP contribution >= 0.6 is 0 Å². The Bertz CT molecular complexity index is 556. The lowest BCUT2D eigenvalue weighted by molar-refractivity contribution is 0.339. The first-order valence-corrected chi connectivity index (χ1v) is 6.27. The number of nitrogens with zero attached hydrogens (tertiary/aromatic N) is 2. The molecule has 0 fully saturated rings. The molecule has 20 heavy (non-hydrogen) atoms. The number of aromatic hydroxyl groups is 1. The van der Waals surface area contributed by atoms with Gasteiger partial charge in [-0.25, -0.2) is 0 Å². The van der Waals surface area contributed by atoms with Crippen LogP contribution in [0.25, 0.3) is 0 Å². The molecule has 2 rings (SSSR count). The van der Waals surface area contributed by atoms with E-state index in [2.05, 4.69) is 10.4 Å². The molecule has 1 aromatic heterocycles. The van der Waals surface area contributed by atoms with Crippen LogP contribution in [0.3, 0.4) is 0 Å². The van der Waals surface area contributed by atoms with Crippen molar-refractivity contribution in [3.63, 3.8) is 0 Å². The van der Waals surface area contributed by atoms with Crippen LogP contribution in [-0.4, -0.2) is 29.1 Å². The molecule has 2 aromatic rings. The van der Waals surface area contributed by atoms with Crippen molar-refractivity contribution < 1.29 is 14.6 Å². The molecule has 0 bridgehead atoms. The number of aryl methyl sites for hydroxylation is 1. The van der Waals surface area contributed by atoms with Gasteiger partial charge >= 0.3 is 0 Å². The fourth-order valence-corrected chi connectivity index (χ4v) is 1.96. The van der Waals surface area contributed by atoms with Gasteiger partial charge in [0.2, 0.25) is 5.75 Å². The van der Waals surface area contributed by atoms with Crippen LogP contribution in [0.1, 0.15) is 11.3 Å². The highest BCUT2D eigenvalue weighted by Gasteiger charge is 2.11. The van der Waals surface area contributed by atoms with Gasteiger partial charge in [-0.05, 0) is 23.8 Å². The van der Waals surface area contributed by atoms with Crippen LogP contribution in [0, 0.1) is 0 Å². The predicted molar refractivity (Wildman–Crippen MR) is 75.0 cm³/mol. The lowest BCUT2D eigenvalue weighted by Crippen LogP contribution is -2.15. The fraction of sp³-hybridized carbons (Fsp3) is 0.357. The van der Waals surface area contributed by atoms with Crippen molar-refractivity contribution in [3.8, 4) is 17.2 Å². The summed E-state index contributed by atoms with van der Waals surface area (Å²) in [6.07, 6.45) is 1.77. The van der Waals surface area contributed by atoms with Gasteiger partial charge in [0, 0.05) is 26.3 Å². The van der Waals surface area contributed by atoms with Crippen LogP contribution < -0.4 is 14.8 Å². The average molecular weight is 277 g/mol. The molecule has 0 spiro atoms.